The maximum absolute atomic E-state index is 12.2. The molecule has 2 aromatic carbocycles. The SMILES string of the molecule is CCOc1cccc(C=NNC(=O)Cn2c(C)nc3ccccc32)c1O. The van der Waals surface area contributed by atoms with Gasteiger partial charge in [0.1, 0.15) is 12.4 Å². The van der Waals surface area contributed by atoms with Crippen LogP contribution in [0.2, 0.25) is 0 Å². The summed E-state index contributed by atoms with van der Waals surface area (Å²) >= 11 is 0. The first-order valence-electron chi connectivity index (χ1n) is 8.28. The van der Waals surface area contributed by atoms with E-state index in [0.717, 1.165) is 16.9 Å². The van der Waals surface area contributed by atoms with Gasteiger partial charge in [-0.05, 0) is 38.1 Å². The predicted octanol–water partition coefficient (Wildman–Crippen LogP) is 2.60. The number of hydrazone groups is 1. The van der Waals surface area contributed by atoms with Crippen molar-refractivity contribution < 1.29 is 14.6 Å². The lowest BCUT2D eigenvalue weighted by atomic mass is 10.2. The maximum atomic E-state index is 12.2. The van der Waals surface area contributed by atoms with Crippen LogP contribution in [0.5, 0.6) is 11.5 Å². The summed E-state index contributed by atoms with van der Waals surface area (Å²) < 4.78 is 7.15. The lowest BCUT2D eigenvalue weighted by Crippen LogP contribution is -2.23. The molecule has 26 heavy (non-hydrogen) atoms. The van der Waals surface area contributed by atoms with Crippen LogP contribution in [0.1, 0.15) is 18.3 Å². The topological polar surface area (TPSA) is 88.7 Å². The van der Waals surface area contributed by atoms with E-state index in [1.165, 1.54) is 6.21 Å². The zero-order chi connectivity index (χ0) is 18.5. The molecule has 0 bridgehead atoms. The van der Waals surface area contributed by atoms with Crippen molar-refractivity contribution in [2.24, 2.45) is 5.10 Å². The van der Waals surface area contributed by atoms with Gasteiger partial charge in [0.25, 0.3) is 5.91 Å². The summed E-state index contributed by atoms with van der Waals surface area (Å²) in [4.78, 5) is 16.6. The number of nitrogens with zero attached hydrogens (tertiary/aromatic N) is 3. The van der Waals surface area contributed by atoms with E-state index in [1.807, 2.05) is 42.7 Å². The molecule has 7 heteroatoms. The Morgan fingerprint density at radius 1 is 1.31 bits per heavy atom. The first kappa shape index (κ1) is 17.5. The highest BCUT2D eigenvalue weighted by Gasteiger charge is 2.10. The van der Waals surface area contributed by atoms with Crippen LogP contribution in [0, 0.1) is 6.92 Å². The molecule has 2 N–H and O–H groups in total. The Hall–Kier alpha value is -3.35. The zero-order valence-corrected chi connectivity index (χ0v) is 14.6. The number of hydrogen-bond acceptors (Lipinski definition) is 5. The van der Waals surface area contributed by atoms with Crippen molar-refractivity contribution in [1.29, 1.82) is 0 Å². The summed E-state index contributed by atoms with van der Waals surface area (Å²) in [5.41, 5.74) is 4.67. The fraction of sp³-hybridized carbons (Fsp3) is 0.211. The average molecular weight is 352 g/mol. The van der Waals surface area contributed by atoms with Crippen LogP contribution in [0.3, 0.4) is 0 Å². The van der Waals surface area contributed by atoms with E-state index in [1.54, 1.807) is 18.2 Å². The van der Waals surface area contributed by atoms with E-state index in [4.69, 9.17) is 4.74 Å². The minimum atomic E-state index is -0.284. The van der Waals surface area contributed by atoms with E-state index in [-0.39, 0.29) is 18.2 Å². The van der Waals surface area contributed by atoms with Crippen molar-refractivity contribution in [2.75, 3.05) is 6.61 Å². The van der Waals surface area contributed by atoms with Crippen molar-refractivity contribution >= 4 is 23.2 Å². The molecule has 3 aromatic rings. The molecule has 0 spiro atoms. The molecule has 7 nitrogen and oxygen atoms in total. The number of amides is 1. The molecular weight excluding hydrogens is 332 g/mol. The number of carbonyl (C=O) groups is 1. The number of carbonyl (C=O) groups excluding carboxylic acids is 1. The molecule has 0 aliphatic heterocycles. The van der Waals surface area contributed by atoms with Gasteiger partial charge in [-0.2, -0.15) is 5.10 Å². The van der Waals surface area contributed by atoms with Crippen molar-refractivity contribution in [1.82, 2.24) is 15.0 Å². The zero-order valence-electron chi connectivity index (χ0n) is 14.6. The summed E-state index contributed by atoms with van der Waals surface area (Å²) in [5.74, 6) is 0.840. The molecule has 134 valence electrons. The standard InChI is InChI=1S/C19H20N4O3/c1-3-26-17-10-6-7-14(19(17)25)11-20-22-18(24)12-23-13(2)21-15-8-4-5-9-16(15)23/h4-11,25H,3,12H2,1-2H3,(H,22,24). The summed E-state index contributed by atoms with van der Waals surface area (Å²) in [5, 5.41) is 14.0. The van der Waals surface area contributed by atoms with Crippen molar-refractivity contribution in [3.05, 3.63) is 53.9 Å². The second-order valence-electron chi connectivity index (χ2n) is 5.65. The molecule has 1 heterocycles. The summed E-state index contributed by atoms with van der Waals surface area (Å²) in [6.45, 7) is 4.24. The first-order valence-corrected chi connectivity index (χ1v) is 8.28. The third kappa shape index (κ3) is 3.66. The molecule has 0 fully saturated rings. The largest absolute Gasteiger partial charge is 0.504 e. The van der Waals surface area contributed by atoms with Crippen LogP contribution in [-0.4, -0.2) is 33.4 Å². The molecule has 0 aliphatic carbocycles. The molecule has 0 aliphatic rings. The molecule has 0 unspecified atom stereocenters. The van der Waals surface area contributed by atoms with Crippen LogP contribution < -0.4 is 10.2 Å². The highest BCUT2D eigenvalue weighted by Crippen LogP contribution is 2.28. The fourth-order valence-electron chi connectivity index (χ4n) is 2.66. The molecule has 0 radical (unpaired) electrons. The van der Waals surface area contributed by atoms with Gasteiger partial charge >= 0.3 is 0 Å². The highest BCUT2D eigenvalue weighted by atomic mass is 16.5. The van der Waals surface area contributed by atoms with Crippen molar-refractivity contribution in [3.8, 4) is 11.5 Å². The number of phenols is 1. The number of imidazole rings is 1. The van der Waals surface area contributed by atoms with Crippen LogP contribution in [0.4, 0.5) is 0 Å². The Morgan fingerprint density at radius 3 is 2.92 bits per heavy atom. The molecule has 0 atom stereocenters. The Kier molecular flexibility index (Phi) is 5.17. The first-order chi connectivity index (χ1) is 12.6. The number of rotatable bonds is 6. The third-order valence-corrected chi connectivity index (χ3v) is 3.87. The number of ether oxygens (including phenoxy) is 1. The minimum absolute atomic E-state index is 0.0104. The Labute approximate surface area is 150 Å². The highest BCUT2D eigenvalue weighted by molar-refractivity contribution is 5.86. The number of nitrogens with one attached hydrogen (secondary N) is 1. The smallest absolute Gasteiger partial charge is 0.260 e. The van der Waals surface area contributed by atoms with Gasteiger partial charge in [-0.1, -0.05) is 18.2 Å². The van der Waals surface area contributed by atoms with Crippen molar-refractivity contribution in [3.63, 3.8) is 0 Å². The summed E-state index contributed by atoms with van der Waals surface area (Å²) in [6.07, 6.45) is 1.38. The number of aromatic hydroxyl groups is 1. The Morgan fingerprint density at radius 2 is 2.12 bits per heavy atom. The number of aromatic nitrogens is 2. The second kappa shape index (κ2) is 7.69. The van der Waals surface area contributed by atoms with Crippen LogP contribution in [0.25, 0.3) is 11.0 Å². The molecule has 1 aromatic heterocycles. The van der Waals surface area contributed by atoms with E-state index in [2.05, 4.69) is 15.5 Å². The molecular formula is C19H20N4O3. The maximum Gasteiger partial charge on any atom is 0.260 e. The average Bonchev–Trinajstić information content (AvgIpc) is 2.94. The monoisotopic (exact) mass is 352 g/mol. The van der Waals surface area contributed by atoms with E-state index >= 15 is 0 Å². The Balaban J connectivity index is 1.68. The predicted molar refractivity (Wildman–Crippen MR) is 99.5 cm³/mol. The molecule has 3 rings (SSSR count). The van der Waals surface area contributed by atoms with Gasteiger partial charge in [-0.3, -0.25) is 4.79 Å². The van der Waals surface area contributed by atoms with Gasteiger partial charge in [-0.15, -0.1) is 0 Å². The number of hydrogen-bond donors (Lipinski definition) is 2. The van der Waals surface area contributed by atoms with Gasteiger partial charge in [-0.25, -0.2) is 10.4 Å². The van der Waals surface area contributed by atoms with Gasteiger partial charge in [0.2, 0.25) is 0 Å². The van der Waals surface area contributed by atoms with Gasteiger partial charge in [0, 0.05) is 5.56 Å². The quantitative estimate of drug-likeness (QED) is 0.527. The minimum Gasteiger partial charge on any atom is -0.504 e. The van der Waals surface area contributed by atoms with E-state index in [9.17, 15) is 9.90 Å². The van der Waals surface area contributed by atoms with Crippen LogP contribution in [0.15, 0.2) is 47.6 Å². The molecule has 0 saturated heterocycles. The normalized spacial score (nSPS) is 11.2. The number of para-hydroxylation sites is 3. The number of aryl methyl sites for hydroxylation is 1. The molecule has 1 amide bonds. The van der Waals surface area contributed by atoms with Crippen molar-refractivity contribution in [2.45, 2.75) is 20.4 Å². The lowest BCUT2D eigenvalue weighted by Gasteiger charge is -2.07. The van der Waals surface area contributed by atoms with Gasteiger partial charge in [0.15, 0.2) is 11.5 Å². The summed E-state index contributed by atoms with van der Waals surface area (Å²) in [7, 11) is 0. The van der Waals surface area contributed by atoms with Crippen LogP contribution in [-0.2, 0) is 11.3 Å². The molecule has 0 saturated carbocycles. The van der Waals surface area contributed by atoms with Gasteiger partial charge in [0.05, 0.1) is 23.9 Å². The number of benzene rings is 2. The third-order valence-electron chi connectivity index (χ3n) is 3.87. The summed E-state index contributed by atoms with van der Waals surface area (Å²) in [6, 6.07) is 12.7. The fourth-order valence-corrected chi connectivity index (χ4v) is 2.66. The van der Waals surface area contributed by atoms with Crippen LogP contribution >= 0.6 is 0 Å². The number of phenolic OH excluding ortho intramolecular Hbond substituents is 1. The second-order valence-corrected chi connectivity index (χ2v) is 5.65. The van der Waals surface area contributed by atoms with E-state index in [0.29, 0.717) is 17.9 Å². The van der Waals surface area contributed by atoms with Gasteiger partial charge < -0.3 is 14.4 Å². The van der Waals surface area contributed by atoms with E-state index < -0.39 is 0 Å². The lowest BCUT2D eigenvalue weighted by molar-refractivity contribution is -0.121. The number of fused-ring (bicyclic) bond motifs is 1. The Bertz CT molecular complexity index is 963.